The van der Waals surface area contributed by atoms with Gasteiger partial charge in [-0.25, -0.2) is 18.1 Å². The molecule has 0 fully saturated rings. The summed E-state index contributed by atoms with van der Waals surface area (Å²) in [6.45, 7) is 3.73. The monoisotopic (exact) mass is 360 g/mol. The quantitative estimate of drug-likeness (QED) is 0.910. The molecular formula is C12H13BrN2O2S2. The number of halogens is 1. The highest BCUT2D eigenvalue weighted by atomic mass is 79.9. The molecule has 19 heavy (non-hydrogen) atoms. The third-order valence-corrected chi connectivity index (χ3v) is 6.12. The first kappa shape index (κ1) is 14.6. The van der Waals surface area contributed by atoms with Crippen molar-refractivity contribution in [2.75, 3.05) is 0 Å². The molecule has 2 rings (SSSR count). The Labute approximate surface area is 125 Å². The van der Waals surface area contributed by atoms with E-state index in [4.69, 9.17) is 0 Å². The van der Waals surface area contributed by atoms with Gasteiger partial charge in [-0.15, -0.1) is 11.3 Å². The zero-order valence-corrected chi connectivity index (χ0v) is 13.6. The summed E-state index contributed by atoms with van der Waals surface area (Å²) >= 11 is 4.74. The van der Waals surface area contributed by atoms with Gasteiger partial charge < -0.3 is 0 Å². The predicted molar refractivity (Wildman–Crippen MR) is 79.7 cm³/mol. The standard InChI is InChI=1S/C12H13BrN2O2S2/c1-8-7-14-12(18-8)9(2)15-19(16,17)11-6-4-3-5-10(11)13/h3-7,9,15H,1-2H3. The van der Waals surface area contributed by atoms with Gasteiger partial charge >= 0.3 is 0 Å². The van der Waals surface area contributed by atoms with Crippen molar-refractivity contribution >= 4 is 37.3 Å². The number of benzene rings is 1. The fraction of sp³-hybridized carbons (Fsp3) is 0.250. The average molecular weight is 361 g/mol. The third-order valence-electron chi connectivity index (χ3n) is 2.47. The molecule has 2 aromatic rings. The first-order valence-corrected chi connectivity index (χ1v) is 8.68. The van der Waals surface area contributed by atoms with Gasteiger partial charge in [0.15, 0.2) is 0 Å². The van der Waals surface area contributed by atoms with Crippen molar-refractivity contribution in [2.24, 2.45) is 0 Å². The van der Waals surface area contributed by atoms with E-state index in [2.05, 4.69) is 25.6 Å². The van der Waals surface area contributed by atoms with E-state index in [1.54, 1.807) is 37.4 Å². The molecule has 0 spiro atoms. The van der Waals surface area contributed by atoms with Gasteiger partial charge in [-0.3, -0.25) is 0 Å². The molecule has 1 aromatic carbocycles. The molecule has 102 valence electrons. The molecule has 1 atom stereocenters. The van der Waals surface area contributed by atoms with Gasteiger partial charge in [0.25, 0.3) is 0 Å². The highest BCUT2D eigenvalue weighted by Crippen LogP contribution is 2.25. The lowest BCUT2D eigenvalue weighted by Gasteiger charge is -2.12. The Morgan fingerprint density at radius 1 is 1.37 bits per heavy atom. The molecule has 4 nitrogen and oxygen atoms in total. The second-order valence-electron chi connectivity index (χ2n) is 4.08. The van der Waals surface area contributed by atoms with Crippen LogP contribution in [0.4, 0.5) is 0 Å². The minimum absolute atomic E-state index is 0.232. The normalized spacial score (nSPS) is 13.4. The second kappa shape index (κ2) is 5.70. The Kier molecular flexibility index (Phi) is 4.39. The lowest BCUT2D eigenvalue weighted by molar-refractivity contribution is 0.566. The summed E-state index contributed by atoms with van der Waals surface area (Å²) in [5.41, 5.74) is 0. The van der Waals surface area contributed by atoms with Gasteiger partial charge in [0.2, 0.25) is 10.0 Å². The van der Waals surface area contributed by atoms with Crippen LogP contribution in [0.2, 0.25) is 0 Å². The van der Waals surface area contributed by atoms with Crippen LogP contribution in [0, 0.1) is 6.92 Å². The van der Waals surface area contributed by atoms with Crippen LogP contribution in [-0.2, 0) is 10.0 Å². The van der Waals surface area contributed by atoms with Crippen LogP contribution in [0.1, 0.15) is 22.9 Å². The lowest BCUT2D eigenvalue weighted by atomic mass is 10.4. The number of thiazole rings is 1. The van der Waals surface area contributed by atoms with Crippen molar-refractivity contribution in [3.8, 4) is 0 Å². The van der Waals surface area contributed by atoms with E-state index >= 15 is 0 Å². The number of aromatic nitrogens is 1. The van der Waals surface area contributed by atoms with E-state index in [0.717, 1.165) is 9.88 Å². The highest BCUT2D eigenvalue weighted by molar-refractivity contribution is 9.10. The highest BCUT2D eigenvalue weighted by Gasteiger charge is 2.21. The summed E-state index contributed by atoms with van der Waals surface area (Å²) in [6.07, 6.45) is 1.74. The van der Waals surface area contributed by atoms with Crippen LogP contribution in [0.3, 0.4) is 0 Å². The maximum absolute atomic E-state index is 12.3. The molecule has 1 aromatic heterocycles. The Balaban J connectivity index is 2.25. The van der Waals surface area contributed by atoms with Crippen LogP contribution in [0.25, 0.3) is 0 Å². The van der Waals surface area contributed by atoms with Gasteiger partial charge in [-0.2, -0.15) is 0 Å². The molecule has 1 unspecified atom stereocenters. The molecule has 0 saturated carbocycles. The number of hydrogen-bond acceptors (Lipinski definition) is 4. The van der Waals surface area contributed by atoms with Crippen molar-refractivity contribution in [2.45, 2.75) is 24.8 Å². The minimum Gasteiger partial charge on any atom is -0.248 e. The fourth-order valence-electron chi connectivity index (χ4n) is 1.58. The molecule has 0 bridgehead atoms. The van der Waals surface area contributed by atoms with Crippen molar-refractivity contribution < 1.29 is 8.42 Å². The van der Waals surface area contributed by atoms with Crippen LogP contribution in [0.5, 0.6) is 0 Å². The zero-order valence-electron chi connectivity index (χ0n) is 10.4. The van der Waals surface area contributed by atoms with E-state index in [1.165, 1.54) is 11.3 Å². The molecule has 1 heterocycles. The maximum Gasteiger partial charge on any atom is 0.242 e. The Hall–Kier alpha value is -0.760. The lowest BCUT2D eigenvalue weighted by Crippen LogP contribution is -2.27. The number of hydrogen-bond donors (Lipinski definition) is 1. The first-order chi connectivity index (χ1) is 8.90. The molecule has 0 aliphatic heterocycles. The molecule has 1 N–H and O–H groups in total. The SMILES string of the molecule is Cc1cnc(C(C)NS(=O)(=O)c2ccccc2Br)s1. The molecule has 7 heteroatoms. The number of rotatable bonds is 4. The summed E-state index contributed by atoms with van der Waals surface area (Å²) in [6, 6.07) is 6.38. The molecule has 0 aliphatic carbocycles. The summed E-state index contributed by atoms with van der Waals surface area (Å²) in [5, 5.41) is 0.758. The van der Waals surface area contributed by atoms with Gasteiger partial charge in [0, 0.05) is 15.5 Å². The van der Waals surface area contributed by atoms with Crippen LogP contribution in [0.15, 0.2) is 39.8 Å². The molecular weight excluding hydrogens is 348 g/mol. The topological polar surface area (TPSA) is 59.1 Å². The van der Waals surface area contributed by atoms with Crippen molar-refractivity contribution in [3.63, 3.8) is 0 Å². The molecule has 0 radical (unpaired) electrons. The smallest absolute Gasteiger partial charge is 0.242 e. The van der Waals surface area contributed by atoms with E-state index in [1.807, 2.05) is 6.92 Å². The maximum atomic E-state index is 12.3. The van der Waals surface area contributed by atoms with E-state index in [9.17, 15) is 8.42 Å². The predicted octanol–water partition coefficient (Wildman–Crippen LogP) is 3.25. The van der Waals surface area contributed by atoms with Crippen molar-refractivity contribution in [1.82, 2.24) is 9.71 Å². The summed E-state index contributed by atoms with van der Waals surface area (Å²) in [7, 11) is -3.56. The van der Waals surface area contributed by atoms with E-state index in [0.29, 0.717) is 4.47 Å². The average Bonchev–Trinajstić information content (AvgIpc) is 2.76. The largest absolute Gasteiger partial charge is 0.248 e. The summed E-state index contributed by atoms with van der Waals surface area (Å²) in [4.78, 5) is 5.48. The Morgan fingerprint density at radius 3 is 2.63 bits per heavy atom. The molecule has 0 aliphatic rings. The second-order valence-corrected chi connectivity index (χ2v) is 7.89. The van der Waals surface area contributed by atoms with Gasteiger partial charge in [-0.1, -0.05) is 12.1 Å². The minimum atomic E-state index is -3.56. The Morgan fingerprint density at radius 2 is 2.05 bits per heavy atom. The number of aryl methyl sites for hydroxylation is 1. The van der Waals surface area contributed by atoms with Crippen LogP contribution < -0.4 is 4.72 Å². The molecule has 0 amide bonds. The first-order valence-electron chi connectivity index (χ1n) is 5.59. The number of nitrogens with zero attached hydrogens (tertiary/aromatic N) is 1. The van der Waals surface area contributed by atoms with E-state index in [-0.39, 0.29) is 10.9 Å². The number of nitrogens with one attached hydrogen (secondary N) is 1. The van der Waals surface area contributed by atoms with Crippen molar-refractivity contribution in [3.05, 3.63) is 44.8 Å². The Bertz CT molecular complexity index is 683. The fourth-order valence-corrected chi connectivity index (χ4v) is 4.64. The van der Waals surface area contributed by atoms with Crippen LogP contribution >= 0.6 is 27.3 Å². The van der Waals surface area contributed by atoms with Crippen LogP contribution in [-0.4, -0.2) is 13.4 Å². The number of sulfonamides is 1. The summed E-state index contributed by atoms with van der Waals surface area (Å²) in [5.74, 6) is 0. The summed E-state index contributed by atoms with van der Waals surface area (Å²) < 4.78 is 27.7. The van der Waals surface area contributed by atoms with Gasteiger partial charge in [0.05, 0.1) is 10.9 Å². The zero-order chi connectivity index (χ0) is 14.0. The van der Waals surface area contributed by atoms with Gasteiger partial charge in [-0.05, 0) is 41.9 Å². The van der Waals surface area contributed by atoms with E-state index < -0.39 is 10.0 Å². The molecule has 0 saturated heterocycles. The third kappa shape index (κ3) is 3.42. The van der Waals surface area contributed by atoms with Crippen molar-refractivity contribution in [1.29, 1.82) is 0 Å². The van der Waals surface area contributed by atoms with Gasteiger partial charge in [0.1, 0.15) is 5.01 Å².